The van der Waals surface area contributed by atoms with E-state index in [1.165, 1.54) is 36.8 Å². The molecule has 1 aliphatic carbocycles. The molecule has 4 N–H and O–H groups in total. The van der Waals surface area contributed by atoms with Crippen LogP contribution >= 0.6 is 0 Å². The van der Waals surface area contributed by atoms with Crippen molar-refractivity contribution >= 4 is 16.9 Å². The van der Waals surface area contributed by atoms with Crippen molar-refractivity contribution in [3.63, 3.8) is 0 Å². The van der Waals surface area contributed by atoms with Crippen LogP contribution < -0.4 is 11.5 Å². The molecule has 2 nitrogen and oxygen atoms in total. The second-order valence-electron chi connectivity index (χ2n) is 4.57. The average Bonchev–Trinajstić information content (AvgIpc) is 2.75. The Balaban J connectivity index is 2.33. The highest BCUT2D eigenvalue weighted by Crippen LogP contribution is 2.38. The van der Waals surface area contributed by atoms with Crippen LogP contribution in [0.2, 0.25) is 0 Å². The SMILES string of the molecule is C/C=C(\c1ccc(N)cc1N)C1CCCC1. The molecule has 86 valence electrons. The van der Waals surface area contributed by atoms with Gasteiger partial charge in [0.05, 0.1) is 0 Å². The third-order valence-corrected chi connectivity index (χ3v) is 3.49. The molecule has 1 aromatic carbocycles. The fraction of sp³-hybridized carbons (Fsp3) is 0.429. The predicted molar refractivity (Wildman–Crippen MR) is 70.9 cm³/mol. The number of nitrogen functional groups attached to an aromatic ring is 2. The number of benzene rings is 1. The van der Waals surface area contributed by atoms with Gasteiger partial charge in [0, 0.05) is 16.9 Å². The first-order valence-electron chi connectivity index (χ1n) is 6.04. The zero-order chi connectivity index (χ0) is 11.5. The highest BCUT2D eigenvalue weighted by molar-refractivity contribution is 5.78. The maximum Gasteiger partial charge on any atom is 0.0411 e. The molecule has 0 heterocycles. The average molecular weight is 216 g/mol. The normalized spacial score (nSPS) is 17.9. The molecular weight excluding hydrogens is 196 g/mol. The monoisotopic (exact) mass is 216 g/mol. The molecule has 16 heavy (non-hydrogen) atoms. The van der Waals surface area contributed by atoms with Gasteiger partial charge in [-0.25, -0.2) is 0 Å². The molecule has 1 aromatic rings. The van der Waals surface area contributed by atoms with Gasteiger partial charge in [-0.05, 0) is 43.4 Å². The van der Waals surface area contributed by atoms with Gasteiger partial charge in [-0.15, -0.1) is 0 Å². The second kappa shape index (κ2) is 4.60. The van der Waals surface area contributed by atoms with Crippen LogP contribution in [0.15, 0.2) is 24.3 Å². The van der Waals surface area contributed by atoms with Crippen molar-refractivity contribution in [3.05, 3.63) is 29.8 Å². The van der Waals surface area contributed by atoms with E-state index in [2.05, 4.69) is 19.1 Å². The van der Waals surface area contributed by atoms with E-state index in [9.17, 15) is 0 Å². The van der Waals surface area contributed by atoms with Gasteiger partial charge in [-0.1, -0.05) is 25.0 Å². The molecule has 2 heteroatoms. The Labute approximate surface area is 97.3 Å². The van der Waals surface area contributed by atoms with Crippen LogP contribution in [0.4, 0.5) is 11.4 Å². The third kappa shape index (κ3) is 2.06. The molecule has 0 aromatic heterocycles. The highest BCUT2D eigenvalue weighted by atomic mass is 14.6. The van der Waals surface area contributed by atoms with Crippen molar-refractivity contribution < 1.29 is 0 Å². The summed E-state index contributed by atoms with van der Waals surface area (Å²) in [7, 11) is 0. The molecule has 0 aliphatic heterocycles. The van der Waals surface area contributed by atoms with E-state index >= 15 is 0 Å². The van der Waals surface area contributed by atoms with Gasteiger partial charge in [0.1, 0.15) is 0 Å². The van der Waals surface area contributed by atoms with Crippen molar-refractivity contribution in [2.45, 2.75) is 32.6 Å². The van der Waals surface area contributed by atoms with Crippen molar-refractivity contribution in [3.8, 4) is 0 Å². The number of nitrogens with two attached hydrogens (primary N) is 2. The summed E-state index contributed by atoms with van der Waals surface area (Å²) in [6.07, 6.45) is 7.48. The first kappa shape index (κ1) is 11.1. The van der Waals surface area contributed by atoms with Crippen LogP contribution in [-0.2, 0) is 0 Å². The molecule has 0 atom stereocenters. The molecule has 0 spiro atoms. The molecule has 1 fully saturated rings. The molecule has 0 radical (unpaired) electrons. The molecule has 0 amide bonds. The van der Waals surface area contributed by atoms with Crippen molar-refractivity contribution in [2.24, 2.45) is 5.92 Å². The Morgan fingerprint density at radius 2 is 1.94 bits per heavy atom. The largest absolute Gasteiger partial charge is 0.399 e. The number of anilines is 2. The standard InChI is InChI=1S/C14H20N2/c1-2-12(10-5-3-4-6-10)13-8-7-11(15)9-14(13)16/h2,7-10H,3-6,15-16H2,1H3/b12-2-. The summed E-state index contributed by atoms with van der Waals surface area (Å²) in [5.41, 5.74) is 15.9. The molecule has 2 rings (SSSR count). The maximum atomic E-state index is 6.04. The minimum Gasteiger partial charge on any atom is -0.399 e. The minimum atomic E-state index is 0.691. The molecule has 0 saturated heterocycles. The van der Waals surface area contributed by atoms with E-state index in [-0.39, 0.29) is 0 Å². The van der Waals surface area contributed by atoms with Gasteiger partial charge in [0.15, 0.2) is 0 Å². The van der Waals surface area contributed by atoms with Crippen molar-refractivity contribution in [1.29, 1.82) is 0 Å². The quantitative estimate of drug-likeness (QED) is 0.744. The fourth-order valence-electron chi connectivity index (χ4n) is 2.69. The van der Waals surface area contributed by atoms with Crippen LogP contribution in [-0.4, -0.2) is 0 Å². The summed E-state index contributed by atoms with van der Waals surface area (Å²) in [6.45, 7) is 2.10. The summed E-state index contributed by atoms with van der Waals surface area (Å²) < 4.78 is 0. The van der Waals surface area contributed by atoms with E-state index in [1.807, 2.05) is 12.1 Å². The van der Waals surface area contributed by atoms with E-state index in [4.69, 9.17) is 11.5 Å². The first-order chi connectivity index (χ1) is 7.72. The molecule has 0 bridgehead atoms. The van der Waals surface area contributed by atoms with Crippen LogP contribution in [0.25, 0.3) is 5.57 Å². The van der Waals surface area contributed by atoms with Gasteiger partial charge < -0.3 is 11.5 Å². The fourth-order valence-corrected chi connectivity index (χ4v) is 2.69. The number of hydrogen-bond donors (Lipinski definition) is 2. The number of allylic oxidation sites excluding steroid dienone is 2. The van der Waals surface area contributed by atoms with E-state index < -0.39 is 0 Å². The first-order valence-corrected chi connectivity index (χ1v) is 6.04. The zero-order valence-electron chi connectivity index (χ0n) is 9.87. The van der Waals surface area contributed by atoms with Gasteiger partial charge >= 0.3 is 0 Å². The van der Waals surface area contributed by atoms with E-state index in [1.54, 1.807) is 0 Å². The van der Waals surface area contributed by atoms with Gasteiger partial charge in [-0.2, -0.15) is 0 Å². The zero-order valence-corrected chi connectivity index (χ0v) is 9.87. The molecule has 1 aliphatic rings. The third-order valence-electron chi connectivity index (χ3n) is 3.49. The minimum absolute atomic E-state index is 0.691. The van der Waals surface area contributed by atoms with Gasteiger partial charge in [-0.3, -0.25) is 0 Å². The van der Waals surface area contributed by atoms with Gasteiger partial charge in [0.25, 0.3) is 0 Å². The van der Waals surface area contributed by atoms with Crippen LogP contribution in [0, 0.1) is 5.92 Å². The van der Waals surface area contributed by atoms with Crippen LogP contribution in [0.1, 0.15) is 38.2 Å². The van der Waals surface area contributed by atoms with Crippen molar-refractivity contribution in [2.75, 3.05) is 11.5 Å². The Kier molecular flexibility index (Phi) is 3.18. The lowest BCUT2D eigenvalue weighted by Crippen LogP contribution is -2.02. The Bertz CT molecular complexity index is 401. The maximum absolute atomic E-state index is 6.04. The summed E-state index contributed by atoms with van der Waals surface area (Å²) in [4.78, 5) is 0. The summed E-state index contributed by atoms with van der Waals surface area (Å²) in [5.74, 6) is 0.691. The number of rotatable bonds is 2. The summed E-state index contributed by atoms with van der Waals surface area (Å²) in [6, 6.07) is 5.84. The Morgan fingerprint density at radius 3 is 2.50 bits per heavy atom. The Morgan fingerprint density at radius 1 is 1.25 bits per heavy atom. The topological polar surface area (TPSA) is 52.0 Å². The summed E-state index contributed by atoms with van der Waals surface area (Å²) in [5, 5.41) is 0. The Hall–Kier alpha value is -1.44. The lowest BCUT2D eigenvalue weighted by Gasteiger charge is -2.17. The summed E-state index contributed by atoms with van der Waals surface area (Å²) >= 11 is 0. The smallest absolute Gasteiger partial charge is 0.0411 e. The van der Waals surface area contributed by atoms with Crippen LogP contribution in [0.3, 0.4) is 0 Å². The van der Waals surface area contributed by atoms with Gasteiger partial charge in [0.2, 0.25) is 0 Å². The molecular formula is C14H20N2. The molecule has 0 unspecified atom stereocenters. The van der Waals surface area contributed by atoms with Crippen molar-refractivity contribution in [1.82, 2.24) is 0 Å². The second-order valence-corrected chi connectivity index (χ2v) is 4.57. The lowest BCUT2D eigenvalue weighted by atomic mass is 9.90. The number of hydrogen-bond acceptors (Lipinski definition) is 2. The molecule has 1 saturated carbocycles. The predicted octanol–water partition coefficient (Wildman–Crippen LogP) is 3.44. The van der Waals surface area contributed by atoms with E-state index in [0.29, 0.717) is 5.92 Å². The van der Waals surface area contributed by atoms with E-state index in [0.717, 1.165) is 11.4 Å². The highest BCUT2D eigenvalue weighted by Gasteiger charge is 2.21. The van der Waals surface area contributed by atoms with Crippen LogP contribution in [0.5, 0.6) is 0 Å². The lowest BCUT2D eigenvalue weighted by molar-refractivity contribution is 0.705.